The monoisotopic (exact) mass is 416 g/mol. The van der Waals surface area contributed by atoms with Crippen LogP contribution < -0.4 is 16.5 Å². The van der Waals surface area contributed by atoms with Crippen LogP contribution in [0.3, 0.4) is 0 Å². The largest absolute Gasteiger partial charge is 0.375 e. The van der Waals surface area contributed by atoms with Gasteiger partial charge in [0, 0.05) is 16.3 Å². The number of halogens is 1. The topological polar surface area (TPSA) is 96.6 Å². The van der Waals surface area contributed by atoms with Crippen LogP contribution in [0.5, 0.6) is 0 Å². The SMILES string of the molecule is Cc1cccc(C)c1NC(=O)/C(=N/NC(N)=S)[C@H](C)C(=O)c1ccc(Cl)cc1. The lowest BCUT2D eigenvalue weighted by Gasteiger charge is -2.16. The summed E-state index contributed by atoms with van der Waals surface area (Å²) >= 11 is 10.6. The lowest BCUT2D eigenvalue weighted by atomic mass is 9.94. The van der Waals surface area contributed by atoms with E-state index in [0.29, 0.717) is 16.3 Å². The molecular formula is C20H21ClN4O2S. The molecule has 1 amide bonds. The van der Waals surface area contributed by atoms with E-state index in [1.54, 1.807) is 31.2 Å². The number of hydrogen-bond acceptors (Lipinski definition) is 4. The number of thiocarbonyl (C=S) groups is 1. The maximum atomic E-state index is 12.9. The van der Waals surface area contributed by atoms with Gasteiger partial charge in [-0.25, -0.2) is 0 Å². The Morgan fingerprint density at radius 1 is 1.11 bits per heavy atom. The third-order valence-corrected chi connectivity index (χ3v) is 4.51. The Kier molecular flexibility index (Phi) is 7.25. The van der Waals surface area contributed by atoms with Crippen molar-refractivity contribution in [2.75, 3.05) is 5.32 Å². The minimum Gasteiger partial charge on any atom is -0.375 e. The highest BCUT2D eigenvalue weighted by molar-refractivity contribution is 7.80. The number of para-hydroxylation sites is 1. The Morgan fingerprint density at radius 2 is 1.68 bits per heavy atom. The van der Waals surface area contributed by atoms with Gasteiger partial charge in [-0.2, -0.15) is 5.10 Å². The first-order valence-electron chi connectivity index (χ1n) is 8.51. The Hall–Kier alpha value is -2.77. The number of aryl methyl sites for hydroxylation is 2. The van der Waals surface area contributed by atoms with Gasteiger partial charge >= 0.3 is 0 Å². The van der Waals surface area contributed by atoms with Crippen molar-refractivity contribution in [3.63, 3.8) is 0 Å². The van der Waals surface area contributed by atoms with Gasteiger partial charge in [-0.3, -0.25) is 15.0 Å². The third-order valence-electron chi connectivity index (χ3n) is 4.17. The van der Waals surface area contributed by atoms with Crippen LogP contribution in [0.2, 0.25) is 5.02 Å². The summed E-state index contributed by atoms with van der Waals surface area (Å²) in [6, 6.07) is 12.1. The van der Waals surface area contributed by atoms with E-state index in [-0.39, 0.29) is 16.6 Å². The molecule has 0 saturated heterocycles. The number of nitrogens with zero attached hydrogens (tertiary/aromatic N) is 1. The summed E-state index contributed by atoms with van der Waals surface area (Å²) in [5.41, 5.74) is 10.7. The quantitative estimate of drug-likeness (QED) is 0.289. The molecule has 0 fully saturated rings. The molecule has 6 nitrogen and oxygen atoms in total. The lowest BCUT2D eigenvalue weighted by molar-refractivity contribution is -0.110. The van der Waals surface area contributed by atoms with Crippen LogP contribution in [-0.4, -0.2) is 22.5 Å². The standard InChI is InChI=1S/C20H21ClN4O2S/c1-11-5-4-6-12(2)16(11)23-19(27)17(24-25-20(22)28)13(3)18(26)14-7-9-15(21)10-8-14/h4-10,13H,1-3H3,(H,23,27)(H3,22,25,28)/b24-17+/t13-/m0/s1. The first-order chi connectivity index (χ1) is 13.2. The fourth-order valence-electron chi connectivity index (χ4n) is 2.64. The number of nitrogens with two attached hydrogens (primary N) is 1. The van der Waals surface area contributed by atoms with Crippen molar-refractivity contribution in [2.45, 2.75) is 20.8 Å². The van der Waals surface area contributed by atoms with Gasteiger partial charge in [-0.1, -0.05) is 29.8 Å². The average Bonchev–Trinajstić information content (AvgIpc) is 2.64. The molecule has 0 heterocycles. The average molecular weight is 417 g/mol. The molecule has 0 bridgehead atoms. The maximum Gasteiger partial charge on any atom is 0.272 e. The summed E-state index contributed by atoms with van der Waals surface area (Å²) in [5.74, 6) is -1.64. The molecule has 1 atom stereocenters. The third kappa shape index (κ3) is 5.37. The predicted octanol–water partition coefficient (Wildman–Crippen LogP) is 3.60. The van der Waals surface area contributed by atoms with Crippen LogP contribution in [0.1, 0.15) is 28.4 Å². The van der Waals surface area contributed by atoms with E-state index in [1.807, 2.05) is 32.0 Å². The zero-order valence-electron chi connectivity index (χ0n) is 15.7. The van der Waals surface area contributed by atoms with Crippen molar-refractivity contribution in [3.05, 3.63) is 64.2 Å². The number of nitrogens with one attached hydrogen (secondary N) is 2. The Morgan fingerprint density at radius 3 is 2.21 bits per heavy atom. The molecule has 4 N–H and O–H groups in total. The van der Waals surface area contributed by atoms with Crippen LogP contribution in [0, 0.1) is 19.8 Å². The number of hydrogen-bond donors (Lipinski definition) is 3. The summed E-state index contributed by atoms with van der Waals surface area (Å²) in [4.78, 5) is 25.8. The van der Waals surface area contributed by atoms with E-state index in [1.165, 1.54) is 0 Å². The van der Waals surface area contributed by atoms with E-state index < -0.39 is 11.8 Å². The first kappa shape index (κ1) is 21.5. The van der Waals surface area contributed by atoms with E-state index >= 15 is 0 Å². The van der Waals surface area contributed by atoms with Gasteiger partial charge in [0.15, 0.2) is 10.9 Å². The maximum absolute atomic E-state index is 12.9. The number of anilines is 1. The molecule has 2 rings (SSSR count). The second kappa shape index (κ2) is 9.43. The fraction of sp³-hybridized carbons (Fsp3) is 0.200. The number of rotatable bonds is 6. The molecule has 0 aliphatic carbocycles. The normalized spacial score (nSPS) is 12.2. The van der Waals surface area contributed by atoms with Gasteiger partial charge < -0.3 is 11.1 Å². The van der Waals surface area contributed by atoms with Gasteiger partial charge in [-0.05, 0) is 68.4 Å². The molecule has 0 saturated carbocycles. The molecule has 2 aromatic carbocycles. The van der Waals surface area contributed by atoms with Gasteiger partial charge in [0.05, 0.1) is 5.92 Å². The number of hydrazone groups is 1. The van der Waals surface area contributed by atoms with Crippen molar-refractivity contribution in [3.8, 4) is 0 Å². The van der Waals surface area contributed by atoms with Crippen LogP contribution in [0.4, 0.5) is 5.69 Å². The predicted molar refractivity (Wildman–Crippen MR) is 117 cm³/mol. The van der Waals surface area contributed by atoms with E-state index in [9.17, 15) is 9.59 Å². The van der Waals surface area contributed by atoms with Gasteiger partial charge in [0.2, 0.25) is 0 Å². The number of ketones is 1. The van der Waals surface area contributed by atoms with Crippen LogP contribution in [0.25, 0.3) is 0 Å². The molecule has 0 radical (unpaired) electrons. The Balaban J connectivity index is 2.34. The number of carbonyl (C=O) groups excluding carboxylic acids is 2. The molecule has 146 valence electrons. The molecule has 8 heteroatoms. The van der Waals surface area contributed by atoms with E-state index in [2.05, 4.69) is 15.8 Å². The van der Waals surface area contributed by atoms with Gasteiger partial charge in [-0.15, -0.1) is 0 Å². The minimum atomic E-state index is -0.840. The van der Waals surface area contributed by atoms with Crippen molar-refractivity contribution < 1.29 is 9.59 Å². The number of Topliss-reactive ketones (excluding diaryl/α,β-unsaturated/α-hetero) is 1. The highest BCUT2D eigenvalue weighted by Crippen LogP contribution is 2.21. The van der Waals surface area contributed by atoms with Crippen molar-refractivity contribution in [1.82, 2.24) is 5.43 Å². The van der Waals surface area contributed by atoms with Crippen molar-refractivity contribution in [2.24, 2.45) is 16.8 Å². The molecule has 2 aromatic rings. The molecule has 0 aliphatic heterocycles. The highest BCUT2D eigenvalue weighted by Gasteiger charge is 2.27. The van der Waals surface area contributed by atoms with Crippen LogP contribution in [0.15, 0.2) is 47.6 Å². The molecular weight excluding hydrogens is 396 g/mol. The molecule has 0 aromatic heterocycles. The summed E-state index contributed by atoms with van der Waals surface area (Å²) in [7, 11) is 0. The van der Waals surface area contributed by atoms with Crippen LogP contribution >= 0.6 is 23.8 Å². The number of amides is 1. The molecule has 28 heavy (non-hydrogen) atoms. The minimum absolute atomic E-state index is 0.0320. The number of carbonyl (C=O) groups is 2. The molecule has 0 spiro atoms. The van der Waals surface area contributed by atoms with E-state index in [4.69, 9.17) is 29.6 Å². The second-order valence-corrected chi connectivity index (χ2v) is 7.16. The Bertz CT molecular complexity index is 921. The summed E-state index contributed by atoms with van der Waals surface area (Å²) < 4.78 is 0. The second-order valence-electron chi connectivity index (χ2n) is 6.29. The summed E-state index contributed by atoms with van der Waals surface area (Å²) in [5, 5.41) is 7.22. The fourth-order valence-corrected chi connectivity index (χ4v) is 2.81. The zero-order valence-corrected chi connectivity index (χ0v) is 17.3. The lowest BCUT2D eigenvalue weighted by Crippen LogP contribution is -2.36. The molecule has 0 aliphatic rings. The van der Waals surface area contributed by atoms with Gasteiger partial charge in [0.1, 0.15) is 5.71 Å². The highest BCUT2D eigenvalue weighted by atomic mass is 35.5. The van der Waals surface area contributed by atoms with Crippen molar-refractivity contribution >= 4 is 52.0 Å². The summed E-state index contributed by atoms with van der Waals surface area (Å²) in [6.07, 6.45) is 0. The first-order valence-corrected chi connectivity index (χ1v) is 9.29. The Labute approximate surface area is 174 Å². The van der Waals surface area contributed by atoms with Crippen LogP contribution in [-0.2, 0) is 4.79 Å². The number of benzene rings is 2. The van der Waals surface area contributed by atoms with Crippen molar-refractivity contribution in [1.29, 1.82) is 0 Å². The van der Waals surface area contributed by atoms with Gasteiger partial charge in [0.25, 0.3) is 5.91 Å². The smallest absolute Gasteiger partial charge is 0.272 e. The van der Waals surface area contributed by atoms with E-state index in [0.717, 1.165) is 11.1 Å². The zero-order chi connectivity index (χ0) is 20.8. The summed E-state index contributed by atoms with van der Waals surface area (Å²) in [6.45, 7) is 5.37. The molecule has 0 unspecified atom stereocenters.